The van der Waals surface area contributed by atoms with E-state index in [0.29, 0.717) is 24.0 Å². The third kappa shape index (κ3) is 3.27. The summed E-state index contributed by atoms with van der Waals surface area (Å²) in [5.41, 5.74) is -0.554. The smallest absolute Gasteiger partial charge is 0.306 e. The first-order valence-electron chi connectivity index (χ1n) is 5.60. The number of aliphatic hydroxyl groups is 1. The predicted octanol–water partition coefficient (Wildman–Crippen LogP) is 2.60. The van der Waals surface area contributed by atoms with Gasteiger partial charge in [0.15, 0.2) is 0 Å². The standard InChI is InChI=1S/C13H17FO3/c1-3-6-13(17,8-12(15)16)10-4-5-11(14)9(2)7-10/h4-5,7,17H,3,6,8H2,1-2H3,(H,15,16). The second-order valence-corrected chi connectivity index (χ2v) is 4.32. The lowest BCUT2D eigenvalue weighted by Crippen LogP contribution is -2.29. The van der Waals surface area contributed by atoms with Gasteiger partial charge >= 0.3 is 5.97 Å². The molecular weight excluding hydrogens is 223 g/mol. The Kier molecular flexibility index (Phi) is 4.23. The van der Waals surface area contributed by atoms with Gasteiger partial charge in [0.05, 0.1) is 6.42 Å². The number of rotatable bonds is 5. The van der Waals surface area contributed by atoms with E-state index in [2.05, 4.69) is 0 Å². The van der Waals surface area contributed by atoms with Crippen molar-refractivity contribution < 1.29 is 19.4 Å². The molecule has 1 aromatic carbocycles. The first kappa shape index (κ1) is 13.6. The van der Waals surface area contributed by atoms with Crippen molar-refractivity contribution >= 4 is 5.97 Å². The van der Waals surface area contributed by atoms with E-state index >= 15 is 0 Å². The van der Waals surface area contributed by atoms with E-state index in [1.54, 1.807) is 6.92 Å². The van der Waals surface area contributed by atoms with Gasteiger partial charge in [-0.25, -0.2) is 4.39 Å². The Labute approximate surface area is 99.9 Å². The molecule has 1 rings (SSSR count). The molecule has 2 N–H and O–H groups in total. The number of hydrogen-bond donors (Lipinski definition) is 2. The van der Waals surface area contributed by atoms with Gasteiger partial charge < -0.3 is 10.2 Å². The summed E-state index contributed by atoms with van der Waals surface area (Å²) in [6.45, 7) is 3.45. The second kappa shape index (κ2) is 5.27. The maximum absolute atomic E-state index is 13.1. The average Bonchev–Trinajstić information content (AvgIpc) is 2.21. The number of carbonyl (C=O) groups is 1. The zero-order chi connectivity index (χ0) is 13.1. The maximum Gasteiger partial charge on any atom is 0.306 e. The number of aliphatic carboxylic acids is 1. The highest BCUT2D eigenvalue weighted by molar-refractivity contribution is 5.68. The highest BCUT2D eigenvalue weighted by Gasteiger charge is 2.31. The van der Waals surface area contributed by atoms with E-state index < -0.39 is 11.6 Å². The van der Waals surface area contributed by atoms with Crippen LogP contribution in [-0.2, 0) is 10.4 Å². The topological polar surface area (TPSA) is 57.5 Å². The minimum Gasteiger partial charge on any atom is -0.481 e. The van der Waals surface area contributed by atoms with Crippen LogP contribution in [0.1, 0.15) is 37.3 Å². The third-order valence-electron chi connectivity index (χ3n) is 2.80. The zero-order valence-corrected chi connectivity index (χ0v) is 10.0. The summed E-state index contributed by atoms with van der Waals surface area (Å²) in [6, 6.07) is 4.21. The van der Waals surface area contributed by atoms with Gasteiger partial charge in [-0.3, -0.25) is 4.79 Å². The molecule has 0 bridgehead atoms. The third-order valence-corrected chi connectivity index (χ3v) is 2.80. The molecule has 0 aliphatic rings. The van der Waals surface area contributed by atoms with Crippen molar-refractivity contribution in [2.24, 2.45) is 0 Å². The lowest BCUT2D eigenvalue weighted by Gasteiger charge is -2.27. The van der Waals surface area contributed by atoms with E-state index in [0.717, 1.165) is 0 Å². The van der Waals surface area contributed by atoms with E-state index in [1.807, 2.05) is 6.92 Å². The van der Waals surface area contributed by atoms with Crippen LogP contribution in [-0.4, -0.2) is 16.2 Å². The number of aryl methyl sites for hydroxylation is 1. The van der Waals surface area contributed by atoms with Crippen LogP contribution >= 0.6 is 0 Å². The minimum atomic E-state index is -1.42. The molecule has 0 saturated heterocycles. The molecule has 1 aromatic rings. The molecule has 1 atom stereocenters. The summed E-state index contributed by atoms with van der Waals surface area (Å²) >= 11 is 0. The van der Waals surface area contributed by atoms with Crippen LogP contribution in [0.15, 0.2) is 18.2 Å². The average molecular weight is 240 g/mol. The van der Waals surface area contributed by atoms with Crippen molar-refractivity contribution in [2.45, 2.75) is 38.7 Å². The van der Waals surface area contributed by atoms with Crippen LogP contribution in [0.25, 0.3) is 0 Å². The number of carboxylic acid groups (broad SMARTS) is 1. The molecule has 1 unspecified atom stereocenters. The summed E-state index contributed by atoms with van der Waals surface area (Å²) in [4.78, 5) is 10.8. The predicted molar refractivity (Wildman–Crippen MR) is 62.2 cm³/mol. The minimum absolute atomic E-state index is 0.338. The van der Waals surface area contributed by atoms with Gasteiger partial charge in [0.1, 0.15) is 11.4 Å². The monoisotopic (exact) mass is 240 g/mol. The van der Waals surface area contributed by atoms with Crippen LogP contribution in [0.3, 0.4) is 0 Å². The summed E-state index contributed by atoms with van der Waals surface area (Å²) in [5.74, 6) is -1.43. The van der Waals surface area contributed by atoms with Gasteiger partial charge in [-0.2, -0.15) is 0 Å². The molecule has 0 fully saturated rings. The molecule has 0 saturated carbocycles. The number of hydrogen-bond acceptors (Lipinski definition) is 2. The fraction of sp³-hybridized carbons (Fsp3) is 0.462. The van der Waals surface area contributed by atoms with Crippen molar-refractivity contribution in [3.63, 3.8) is 0 Å². The molecule has 94 valence electrons. The molecule has 0 heterocycles. The Bertz CT molecular complexity index is 417. The van der Waals surface area contributed by atoms with Crippen LogP contribution in [0.5, 0.6) is 0 Å². The lowest BCUT2D eigenvalue weighted by molar-refractivity contribution is -0.143. The summed E-state index contributed by atoms with van der Waals surface area (Å²) in [5, 5.41) is 19.2. The Balaban J connectivity index is 3.12. The molecule has 17 heavy (non-hydrogen) atoms. The summed E-state index contributed by atoms with van der Waals surface area (Å²) in [6.07, 6.45) is 0.622. The van der Waals surface area contributed by atoms with E-state index in [4.69, 9.17) is 5.11 Å². The highest BCUT2D eigenvalue weighted by Crippen LogP contribution is 2.31. The summed E-state index contributed by atoms with van der Waals surface area (Å²) in [7, 11) is 0. The first-order valence-corrected chi connectivity index (χ1v) is 5.60. The summed E-state index contributed by atoms with van der Waals surface area (Å²) < 4.78 is 13.1. The van der Waals surface area contributed by atoms with E-state index in [1.165, 1.54) is 18.2 Å². The molecule has 0 radical (unpaired) electrons. The zero-order valence-electron chi connectivity index (χ0n) is 10.0. The van der Waals surface area contributed by atoms with Crippen LogP contribution < -0.4 is 0 Å². The number of benzene rings is 1. The van der Waals surface area contributed by atoms with Gasteiger partial charge in [0.2, 0.25) is 0 Å². The lowest BCUT2D eigenvalue weighted by atomic mass is 9.85. The molecule has 0 spiro atoms. The van der Waals surface area contributed by atoms with Crippen molar-refractivity contribution in [2.75, 3.05) is 0 Å². The highest BCUT2D eigenvalue weighted by atomic mass is 19.1. The van der Waals surface area contributed by atoms with Crippen molar-refractivity contribution in [1.82, 2.24) is 0 Å². The maximum atomic E-state index is 13.1. The molecule has 0 amide bonds. The molecule has 0 aromatic heterocycles. The van der Waals surface area contributed by atoms with Crippen LogP contribution in [0.4, 0.5) is 4.39 Å². The SMILES string of the molecule is CCCC(O)(CC(=O)O)c1ccc(F)c(C)c1. The first-order chi connectivity index (χ1) is 7.89. The van der Waals surface area contributed by atoms with Gasteiger partial charge in [0.25, 0.3) is 0 Å². The van der Waals surface area contributed by atoms with Crippen molar-refractivity contribution in [3.05, 3.63) is 35.1 Å². The Hall–Kier alpha value is -1.42. The Morgan fingerprint density at radius 3 is 2.59 bits per heavy atom. The fourth-order valence-corrected chi connectivity index (χ4v) is 1.93. The van der Waals surface area contributed by atoms with Crippen molar-refractivity contribution in [1.29, 1.82) is 0 Å². The molecule has 0 aliphatic carbocycles. The molecule has 4 heteroatoms. The largest absolute Gasteiger partial charge is 0.481 e. The normalized spacial score (nSPS) is 14.4. The van der Waals surface area contributed by atoms with Gasteiger partial charge in [0, 0.05) is 0 Å². The van der Waals surface area contributed by atoms with E-state index in [9.17, 15) is 14.3 Å². The molecule has 3 nitrogen and oxygen atoms in total. The Morgan fingerprint density at radius 1 is 1.47 bits per heavy atom. The van der Waals surface area contributed by atoms with Crippen molar-refractivity contribution in [3.8, 4) is 0 Å². The van der Waals surface area contributed by atoms with Crippen LogP contribution in [0.2, 0.25) is 0 Å². The van der Waals surface area contributed by atoms with Gasteiger partial charge in [-0.1, -0.05) is 25.5 Å². The Morgan fingerprint density at radius 2 is 2.12 bits per heavy atom. The molecule has 0 aliphatic heterocycles. The second-order valence-electron chi connectivity index (χ2n) is 4.32. The fourth-order valence-electron chi connectivity index (χ4n) is 1.93. The number of carboxylic acids is 1. The molecular formula is C13H17FO3. The van der Waals surface area contributed by atoms with Gasteiger partial charge in [-0.05, 0) is 30.5 Å². The number of halogens is 1. The quantitative estimate of drug-likeness (QED) is 0.831. The van der Waals surface area contributed by atoms with Gasteiger partial charge in [-0.15, -0.1) is 0 Å². The van der Waals surface area contributed by atoms with Crippen LogP contribution in [0, 0.1) is 12.7 Å². The van der Waals surface area contributed by atoms with E-state index in [-0.39, 0.29) is 12.2 Å².